The topological polar surface area (TPSA) is 140 Å². The molecule has 2 amide bonds. The summed E-state index contributed by atoms with van der Waals surface area (Å²) >= 11 is 5.80. The number of amides is 2. The summed E-state index contributed by atoms with van der Waals surface area (Å²) in [4.78, 5) is 48.8. The van der Waals surface area contributed by atoms with Crippen LogP contribution in [0.1, 0.15) is 58.2 Å². The molecular weight excluding hydrogens is 456 g/mol. The monoisotopic (exact) mass is 484 g/mol. The van der Waals surface area contributed by atoms with Gasteiger partial charge in [0.05, 0.1) is 19.8 Å². The molecule has 1 aliphatic rings. The molecule has 0 atom stereocenters. The van der Waals surface area contributed by atoms with Crippen molar-refractivity contribution in [1.82, 2.24) is 5.32 Å². The summed E-state index contributed by atoms with van der Waals surface area (Å²) in [5, 5.41) is 14.5. The zero-order valence-electron chi connectivity index (χ0n) is 19.5. The van der Waals surface area contributed by atoms with E-state index in [1.54, 1.807) is 34.6 Å². The fourth-order valence-electron chi connectivity index (χ4n) is 3.60. The molecule has 1 aromatic carbocycles. The smallest absolute Gasteiger partial charge is 0.303 e. The molecule has 0 aliphatic carbocycles. The van der Waals surface area contributed by atoms with E-state index in [2.05, 4.69) is 10.6 Å². The number of aliphatic hydroxyl groups is 1. The number of esters is 1. The third-order valence-electron chi connectivity index (χ3n) is 5.42. The number of benzene rings is 1. The molecule has 1 aromatic rings. The summed E-state index contributed by atoms with van der Waals surface area (Å²) < 4.78 is 15.9. The average Bonchev–Trinajstić information content (AvgIpc) is 2.71. The van der Waals surface area contributed by atoms with Crippen LogP contribution in [0.25, 0.3) is 0 Å². The number of nitrogens with one attached hydrogen (secondary N) is 2. The van der Waals surface area contributed by atoms with Gasteiger partial charge in [-0.1, -0.05) is 0 Å². The van der Waals surface area contributed by atoms with Gasteiger partial charge in [0.15, 0.2) is 12.4 Å². The quantitative estimate of drug-likeness (QED) is 0.392. The number of hydrogen-bond donors (Lipinski definition) is 3. The van der Waals surface area contributed by atoms with E-state index >= 15 is 0 Å². The highest BCUT2D eigenvalue weighted by atomic mass is 35.5. The molecule has 33 heavy (non-hydrogen) atoms. The van der Waals surface area contributed by atoms with E-state index in [-0.39, 0.29) is 30.0 Å². The van der Waals surface area contributed by atoms with Crippen molar-refractivity contribution in [1.29, 1.82) is 0 Å². The SMILES string of the molecule is CC(=O)OCC(=O)Nc1c(C)c(C(=O)Cl)c(C)c(C(=O)NC2(CO)COC(C)(C)OC2)c1C. The van der Waals surface area contributed by atoms with Gasteiger partial charge in [-0.05, 0) is 62.9 Å². The highest BCUT2D eigenvalue weighted by molar-refractivity contribution is 6.68. The summed E-state index contributed by atoms with van der Waals surface area (Å²) in [5.41, 5.74) is 0.191. The Morgan fingerprint density at radius 2 is 1.58 bits per heavy atom. The van der Waals surface area contributed by atoms with Crippen molar-refractivity contribution >= 4 is 40.3 Å². The van der Waals surface area contributed by atoms with Gasteiger partial charge in [-0.15, -0.1) is 0 Å². The van der Waals surface area contributed by atoms with Crippen LogP contribution in [0.3, 0.4) is 0 Å². The van der Waals surface area contributed by atoms with E-state index < -0.39 is 47.6 Å². The highest BCUT2D eigenvalue weighted by Crippen LogP contribution is 2.33. The minimum absolute atomic E-state index is 0.000527. The van der Waals surface area contributed by atoms with Crippen LogP contribution in [0.15, 0.2) is 0 Å². The second kappa shape index (κ2) is 10.2. The lowest BCUT2D eigenvalue weighted by molar-refractivity contribution is -0.273. The van der Waals surface area contributed by atoms with Gasteiger partial charge >= 0.3 is 5.97 Å². The van der Waals surface area contributed by atoms with Crippen LogP contribution >= 0.6 is 11.6 Å². The molecule has 1 saturated heterocycles. The summed E-state index contributed by atoms with van der Waals surface area (Å²) in [6.07, 6.45) is 0. The first kappa shape index (κ1) is 26.7. The second-order valence-electron chi connectivity index (χ2n) is 8.47. The van der Waals surface area contributed by atoms with E-state index in [0.29, 0.717) is 16.7 Å². The molecule has 0 unspecified atom stereocenters. The Kier molecular flexibility index (Phi) is 8.23. The highest BCUT2D eigenvalue weighted by Gasteiger charge is 2.41. The van der Waals surface area contributed by atoms with Crippen molar-refractivity contribution < 1.29 is 38.5 Å². The van der Waals surface area contributed by atoms with Crippen LogP contribution in [-0.4, -0.2) is 65.9 Å². The fraction of sp³-hybridized carbons (Fsp3) is 0.545. The number of halogens is 1. The van der Waals surface area contributed by atoms with E-state index in [1.165, 1.54) is 6.92 Å². The van der Waals surface area contributed by atoms with Gasteiger partial charge < -0.3 is 30.0 Å². The molecule has 0 spiro atoms. The van der Waals surface area contributed by atoms with Crippen molar-refractivity contribution in [3.63, 3.8) is 0 Å². The van der Waals surface area contributed by atoms with Gasteiger partial charge in [0.1, 0.15) is 5.54 Å². The molecule has 0 bridgehead atoms. The number of hydrogen-bond acceptors (Lipinski definition) is 8. The van der Waals surface area contributed by atoms with Crippen LogP contribution in [-0.2, 0) is 23.8 Å². The fourth-order valence-corrected chi connectivity index (χ4v) is 3.88. The summed E-state index contributed by atoms with van der Waals surface area (Å²) in [7, 11) is 0. The lowest BCUT2D eigenvalue weighted by Gasteiger charge is -2.43. The molecule has 10 nitrogen and oxygen atoms in total. The molecule has 1 heterocycles. The summed E-state index contributed by atoms with van der Waals surface area (Å²) in [6, 6.07) is 0. The van der Waals surface area contributed by atoms with Crippen LogP contribution in [0.2, 0.25) is 0 Å². The van der Waals surface area contributed by atoms with Crippen molar-refractivity contribution in [2.24, 2.45) is 0 Å². The third-order valence-corrected chi connectivity index (χ3v) is 5.61. The molecule has 2 rings (SSSR count). The largest absolute Gasteiger partial charge is 0.456 e. The lowest BCUT2D eigenvalue weighted by atomic mass is 9.90. The molecule has 3 N–H and O–H groups in total. The number of aliphatic hydroxyl groups excluding tert-OH is 1. The predicted molar refractivity (Wildman–Crippen MR) is 119 cm³/mol. The molecule has 11 heteroatoms. The van der Waals surface area contributed by atoms with Crippen LogP contribution in [0, 0.1) is 20.8 Å². The van der Waals surface area contributed by atoms with Crippen LogP contribution in [0.4, 0.5) is 5.69 Å². The van der Waals surface area contributed by atoms with E-state index in [9.17, 15) is 24.3 Å². The molecular formula is C22H29ClN2O8. The zero-order chi connectivity index (χ0) is 25.1. The Morgan fingerprint density at radius 1 is 1.03 bits per heavy atom. The Bertz CT molecular complexity index is 979. The Balaban J connectivity index is 2.47. The first-order valence-electron chi connectivity index (χ1n) is 10.2. The summed E-state index contributed by atoms with van der Waals surface area (Å²) in [5.74, 6) is -2.76. The Morgan fingerprint density at radius 3 is 2.06 bits per heavy atom. The number of carbonyl (C=O) groups excluding carboxylic acids is 4. The van der Waals surface area contributed by atoms with Gasteiger partial charge in [0.2, 0.25) is 0 Å². The molecule has 0 saturated carbocycles. The molecule has 0 radical (unpaired) electrons. The minimum atomic E-state index is -1.21. The second-order valence-corrected chi connectivity index (χ2v) is 8.82. The van der Waals surface area contributed by atoms with Crippen molar-refractivity contribution in [3.8, 4) is 0 Å². The average molecular weight is 485 g/mol. The lowest BCUT2D eigenvalue weighted by Crippen LogP contribution is -2.63. The van der Waals surface area contributed by atoms with Gasteiger partial charge in [-0.3, -0.25) is 19.2 Å². The Hall–Kier alpha value is -2.53. The van der Waals surface area contributed by atoms with E-state index in [4.69, 9.17) is 25.8 Å². The minimum Gasteiger partial charge on any atom is -0.456 e. The number of carbonyl (C=O) groups is 4. The van der Waals surface area contributed by atoms with Gasteiger partial charge in [0, 0.05) is 23.7 Å². The third kappa shape index (κ3) is 6.08. The van der Waals surface area contributed by atoms with Gasteiger partial charge in [0.25, 0.3) is 17.1 Å². The molecule has 1 fully saturated rings. The zero-order valence-corrected chi connectivity index (χ0v) is 20.3. The van der Waals surface area contributed by atoms with Crippen molar-refractivity contribution in [3.05, 3.63) is 27.8 Å². The number of anilines is 1. The maximum absolute atomic E-state index is 13.3. The standard InChI is InChI=1S/C22H29ClN2O8/c1-11-16(19(23)29)12(2)18(24-15(28)7-31-14(4)27)13(3)17(11)20(30)25-22(8-26)9-32-21(5,6)33-10-22/h26H,7-10H2,1-6H3,(H,24,28)(H,25,30). The number of rotatable bonds is 7. The van der Waals surface area contributed by atoms with Crippen molar-refractivity contribution in [2.75, 3.05) is 31.7 Å². The van der Waals surface area contributed by atoms with Crippen molar-refractivity contribution in [2.45, 2.75) is 52.9 Å². The molecule has 1 aliphatic heterocycles. The van der Waals surface area contributed by atoms with E-state index in [0.717, 1.165) is 0 Å². The molecule has 0 aromatic heterocycles. The predicted octanol–water partition coefficient (Wildman–Crippen LogP) is 1.74. The maximum atomic E-state index is 13.3. The van der Waals surface area contributed by atoms with Crippen LogP contribution < -0.4 is 10.6 Å². The van der Waals surface area contributed by atoms with Gasteiger partial charge in [-0.2, -0.15) is 0 Å². The van der Waals surface area contributed by atoms with E-state index in [1.807, 2.05) is 0 Å². The molecule has 182 valence electrons. The first-order chi connectivity index (χ1) is 15.2. The van der Waals surface area contributed by atoms with Crippen LogP contribution in [0.5, 0.6) is 0 Å². The summed E-state index contributed by atoms with van der Waals surface area (Å²) in [6.45, 7) is 8.36. The van der Waals surface area contributed by atoms with Gasteiger partial charge in [-0.25, -0.2) is 0 Å². The Labute approximate surface area is 196 Å². The number of ether oxygens (including phenoxy) is 3. The first-order valence-corrected chi connectivity index (χ1v) is 10.6. The maximum Gasteiger partial charge on any atom is 0.303 e. The normalized spacial score (nSPS) is 16.6.